The van der Waals surface area contributed by atoms with Crippen molar-refractivity contribution >= 4 is 16.4 Å². The molecule has 0 bridgehead atoms. The van der Waals surface area contributed by atoms with Gasteiger partial charge in [-0.05, 0) is 30.2 Å². The predicted octanol–water partition coefficient (Wildman–Crippen LogP) is 4.41. The van der Waals surface area contributed by atoms with Gasteiger partial charge < -0.3 is 4.90 Å². The molecule has 0 aliphatic rings. The molecule has 0 saturated heterocycles. The van der Waals surface area contributed by atoms with Crippen LogP contribution in [-0.4, -0.2) is 19.7 Å². The Kier molecular flexibility index (Phi) is 6.04. The van der Waals surface area contributed by atoms with Crippen molar-refractivity contribution in [3.8, 4) is 0 Å². The van der Waals surface area contributed by atoms with E-state index in [4.69, 9.17) is 0 Å². The molecule has 0 amide bonds. The molecular formula is C22H22N2O2S. The fraction of sp³-hybridized carbons (Fsp3) is 0.136. The molecule has 0 aromatic heterocycles. The Bertz CT molecular complexity index is 942. The lowest BCUT2D eigenvalue weighted by Gasteiger charge is -2.19. The molecule has 0 aliphatic heterocycles. The molecule has 4 nitrogen and oxygen atoms in total. The van der Waals surface area contributed by atoms with Gasteiger partial charge in [0.1, 0.15) is 6.34 Å². The van der Waals surface area contributed by atoms with Gasteiger partial charge >= 0.3 is 0 Å². The second kappa shape index (κ2) is 8.64. The second-order valence-corrected chi connectivity index (χ2v) is 8.02. The number of rotatable bonds is 7. The summed E-state index contributed by atoms with van der Waals surface area (Å²) in [5.74, 6) is 0. The molecule has 0 heterocycles. The number of hydrogen-bond donors (Lipinski definition) is 0. The first-order valence-corrected chi connectivity index (χ1v) is 10.2. The van der Waals surface area contributed by atoms with Crippen molar-refractivity contribution in [2.24, 2.45) is 4.40 Å². The lowest BCUT2D eigenvalue weighted by atomic mass is 10.2. The predicted molar refractivity (Wildman–Crippen MR) is 109 cm³/mol. The second-order valence-electron chi connectivity index (χ2n) is 6.39. The third-order valence-electron chi connectivity index (χ3n) is 4.13. The summed E-state index contributed by atoms with van der Waals surface area (Å²) in [4.78, 5) is 2.10. The summed E-state index contributed by atoms with van der Waals surface area (Å²) in [5, 5.41) is 0. The zero-order chi connectivity index (χ0) is 19.1. The van der Waals surface area contributed by atoms with Gasteiger partial charge in [-0.15, -0.1) is 4.40 Å². The summed E-state index contributed by atoms with van der Waals surface area (Å²) in [6.45, 7) is 3.06. The number of nitrogens with zero attached hydrogens (tertiary/aromatic N) is 2. The molecule has 0 aliphatic carbocycles. The zero-order valence-electron chi connectivity index (χ0n) is 15.2. The summed E-state index contributed by atoms with van der Waals surface area (Å²) < 4.78 is 29.0. The van der Waals surface area contributed by atoms with Gasteiger partial charge in [-0.1, -0.05) is 78.4 Å². The molecule has 3 aromatic rings. The lowest BCUT2D eigenvalue weighted by Crippen LogP contribution is -2.21. The molecule has 3 aromatic carbocycles. The van der Waals surface area contributed by atoms with Gasteiger partial charge in [0.15, 0.2) is 0 Å². The first-order chi connectivity index (χ1) is 13.0. The number of aryl methyl sites for hydroxylation is 1. The maximum atomic E-state index is 12.5. The van der Waals surface area contributed by atoms with Crippen molar-refractivity contribution in [1.29, 1.82) is 0 Å². The van der Waals surface area contributed by atoms with Gasteiger partial charge in [0, 0.05) is 13.1 Å². The third kappa shape index (κ3) is 5.53. The summed E-state index contributed by atoms with van der Waals surface area (Å²) in [7, 11) is -3.73. The minimum absolute atomic E-state index is 0.198. The molecule has 0 saturated carbocycles. The minimum Gasteiger partial charge on any atom is -0.353 e. The van der Waals surface area contributed by atoms with Crippen molar-refractivity contribution in [3.63, 3.8) is 0 Å². The molecule has 0 atom stereocenters. The molecule has 0 spiro atoms. The summed E-state index contributed by atoms with van der Waals surface area (Å²) in [6, 6.07) is 26.6. The van der Waals surface area contributed by atoms with Crippen LogP contribution in [0.4, 0.5) is 0 Å². The average Bonchev–Trinajstić information content (AvgIpc) is 2.68. The van der Waals surface area contributed by atoms with Crippen LogP contribution in [0.15, 0.2) is 94.2 Å². The normalized spacial score (nSPS) is 11.6. The van der Waals surface area contributed by atoms with Crippen LogP contribution in [-0.2, 0) is 23.1 Å². The van der Waals surface area contributed by atoms with Crippen LogP contribution in [0, 0.1) is 6.92 Å². The van der Waals surface area contributed by atoms with Crippen LogP contribution in [0.25, 0.3) is 0 Å². The van der Waals surface area contributed by atoms with Gasteiger partial charge in [0.25, 0.3) is 10.0 Å². The van der Waals surface area contributed by atoms with Crippen LogP contribution in [0.1, 0.15) is 16.7 Å². The minimum atomic E-state index is -3.73. The Morgan fingerprint density at radius 3 is 1.74 bits per heavy atom. The lowest BCUT2D eigenvalue weighted by molar-refractivity contribution is 0.419. The Balaban J connectivity index is 1.83. The fourth-order valence-electron chi connectivity index (χ4n) is 2.67. The molecule has 27 heavy (non-hydrogen) atoms. The monoisotopic (exact) mass is 378 g/mol. The van der Waals surface area contributed by atoms with Gasteiger partial charge in [0.05, 0.1) is 4.90 Å². The van der Waals surface area contributed by atoms with E-state index in [2.05, 4.69) is 4.40 Å². The van der Waals surface area contributed by atoms with Crippen LogP contribution < -0.4 is 0 Å². The maximum Gasteiger partial charge on any atom is 0.283 e. The van der Waals surface area contributed by atoms with Crippen LogP contribution in [0.3, 0.4) is 0 Å². The van der Waals surface area contributed by atoms with Crippen LogP contribution in [0.5, 0.6) is 0 Å². The topological polar surface area (TPSA) is 49.7 Å². The van der Waals surface area contributed by atoms with Crippen LogP contribution in [0.2, 0.25) is 0 Å². The van der Waals surface area contributed by atoms with E-state index in [0.29, 0.717) is 13.1 Å². The molecule has 0 radical (unpaired) electrons. The average molecular weight is 378 g/mol. The van der Waals surface area contributed by atoms with E-state index in [9.17, 15) is 8.42 Å². The number of hydrogen-bond acceptors (Lipinski definition) is 2. The van der Waals surface area contributed by atoms with E-state index in [1.165, 1.54) is 6.34 Å². The van der Waals surface area contributed by atoms with Crippen molar-refractivity contribution in [2.45, 2.75) is 24.9 Å². The number of benzene rings is 3. The highest BCUT2D eigenvalue weighted by atomic mass is 32.2. The highest BCUT2D eigenvalue weighted by Gasteiger charge is 2.12. The fourth-order valence-corrected chi connectivity index (χ4v) is 3.53. The van der Waals surface area contributed by atoms with E-state index in [-0.39, 0.29) is 4.90 Å². The summed E-state index contributed by atoms with van der Waals surface area (Å²) >= 11 is 0. The van der Waals surface area contributed by atoms with Crippen molar-refractivity contribution in [2.75, 3.05) is 0 Å². The molecule has 0 N–H and O–H groups in total. The highest BCUT2D eigenvalue weighted by molar-refractivity contribution is 7.90. The Morgan fingerprint density at radius 2 is 1.26 bits per heavy atom. The van der Waals surface area contributed by atoms with E-state index >= 15 is 0 Å². The summed E-state index contributed by atoms with van der Waals surface area (Å²) in [6.07, 6.45) is 1.43. The smallest absolute Gasteiger partial charge is 0.283 e. The van der Waals surface area contributed by atoms with E-state index in [1.807, 2.05) is 72.5 Å². The van der Waals surface area contributed by atoms with Crippen molar-refractivity contribution in [1.82, 2.24) is 4.90 Å². The van der Waals surface area contributed by atoms with Crippen molar-refractivity contribution < 1.29 is 8.42 Å². The Labute approximate surface area is 160 Å². The largest absolute Gasteiger partial charge is 0.353 e. The standard InChI is InChI=1S/C22H22N2O2S/c1-19-12-14-22(15-13-19)27(25,26)23-18-24(16-20-8-4-2-5-9-20)17-21-10-6-3-7-11-21/h2-15,18H,16-17H2,1H3/b23-18-. The van der Waals surface area contributed by atoms with Gasteiger partial charge in [-0.25, -0.2) is 0 Å². The Morgan fingerprint density at radius 1 is 0.778 bits per heavy atom. The first-order valence-electron chi connectivity index (χ1n) is 8.72. The van der Waals surface area contributed by atoms with E-state index in [1.54, 1.807) is 24.3 Å². The molecular weight excluding hydrogens is 356 g/mol. The zero-order valence-corrected chi connectivity index (χ0v) is 16.0. The quantitative estimate of drug-likeness (QED) is 0.452. The Hall–Kier alpha value is -2.92. The third-order valence-corrected chi connectivity index (χ3v) is 5.36. The molecule has 3 rings (SSSR count). The highest BCUT2D eigenvalue weighted by Crippen LogP contribution is 2.14. The molecule has 0 fully saturated rings. The van der Waals surface area contributed by atoms with Gasteiger partial charge in [0.2, 0.25) is 0 Å². The van der Waals surface area contributed by atoms with Crippen molar-refractivity contribution in [3.05, 3.63) is 102 Å². The van der Waals surface area contributed by atoms with Crippen LogP contribution >= 0.6 is 0 Å². The van der Waals surface area contributed by atoms with Gasteiger partial charge in [-0.2, -0.15) is 8.42 Å². The van der Waals surface area contributed by atoms with E-state index in [0.717, 1.165) is 16.7 Å². The number of sulfonamides is 1. The summed E-state index contributed by atoms with van der Waals surface area (Å²) in [5.41, 5.74) is 3.19. The van der Waals surface area contributed by atoms with E-state index < -0.39 is 10.0 Å². The molecule has 138 valence electrons. The molecule has 5 heteroatoms. The first kappa shape index (κ1) is 18.9. The maximum absolute atomic E-state index is 12.5. The van der Waals surface area contributed by atoms with Gasteiger partial charge in [-0.3, -0.25) is 0 Å². The molecule has 0 unspecified atom stereocenters. The SMILES string of the molecule is Cc1ccc(S(=O)(=O)/N=C\N(Cc2ccccc2)Cc2ccccc2)cc1.